The minimum Gasteiger partial charge on any atom is -0.463 e. The molecule has 0 N–H and O–H groups in total. The molecule has 0 aliphatic carbocycles. The summed E-state index contributed by atoms with van der Waals surface area (Å²) in [6.07, 6.45) is 2.44. The normalized spacial score (nSPS) is 11.4. The second-order valence-electron chi connectivity index (χ2n) is 5.02. The molecule has 0 spiro atoms. The van der Waals surface area contributed by atoms with Crippen molar-refractivity contribution in [2.45, 2.75) is 20.3 Å². The highest BCUT2D eigenvalue weighted by Gasteiger charge is 2.10. The minimum absolute atomic E-state index is 0.327. The number of benzene rings is 2. The van der Waals surface area contributed by atoms with E-state index in [0.29, 0.717) is 16.7 Å². The maximum Gasteiger partial charge on any atom is 0.331 e. The van der Waals surface area contributed by atoms with Gasteiger partial charge in [-0.05, 0) is 53.8 Å². The van der Waals surface area contributed by atoms with Gasteiger partial charge >= 0.3 is 5.97 Å². The van der Waals surface area contributed by atoms with E-state index in [1.807, 2.05) is 24.3 Å². The molecule has 0 aromatic heterocycles. The molecule has 2 aromatic carbocycles. The Morgan fingerprint density at radius 3 is 2.13 bits per heavy atom. The molecule has 0 heterocycles. The Kier molecular flexibility index (Phi) is 6.26. The van der Waals surface area contributed by atoms with E-state index in [1.54, 1.807) is 25.1 Å². The summed E-state index contributed by atoms with van der Waals surface area (Å²) in [5.74, 6) is -0.391. The van der Waals surface area contributed by atoms with Gasteiger partial charge in [0.05, 0.1) is 6.61 Å². The van der Waals surface area contributed by atoms with E-state index >= 15 is 0 Å². The Morgan fingerprint density at radius 1 is 1.00 bits per heavy atom. The average molecular weight is 349 g/mol. The van der Waals surface area contributed by atoms with Gasteiger partial charge in [-0.15, -0.1) is 0 Å². The van der Waals surface area contributed by atoms with Crippen molar-refractivity contribution in [3.8, 4) is 0 Å². The molecule has 2 rings (SSSR count). The number of hydrogen-bond acceptors (Lipinski definition) is 2. The molecule has 2 nitrogen and oxygen atoms in total. The van der Waals surface area contributed by atoms with Crippen molar-refractivity contribution in [1.82, 2.24) is 0 Å². The number of carbonyl (C=O) groups excluding carboxylic acids is 1. The molecule has 4 heteroatoms. The number of hydrogen-bond donors (Lipinski definition) is 0. The maximum absolute atomic E-state index is 11.9. The van der Waals surface area contributed by atoms with Gasteiger partial charge in [-0.1, -0.05) is 54.4 Å². The van der Waals surface area contributed by atoms with Crippen LogP contribution in [0.25, 0.3) is 5.57 Å². The lowest BCUT2D eigenvalue weighted by Gasteiger charge is -2.10. The summed E-state index contributed by atoms with van der Waals surface area (Å²) in [4.78, 5) is 11.9. The highest BCUT2D eigenvalue weighted by molar-refractivity contribution is 6.35. The number of halogens is 2. The Morgan fingerprint density at radius 2 is 1.61 bits per heavy atom. The number of carbonyl (C=O) groups is 1. The van der Waals surface area contributed by atoms with Crippen LogP contribution in [0.2, 0.25) is 10.0 Å². The van der Waals surface area contributed by atoms with Crippen molar-refractivity contribution >= 4 is 34.7 Å². The lowest BCUT2D eigenvalue weighted by molar-refractivity contribution is -0.137. The van der Waals surface area contributed by atoms with E-state index in [1.165, 1.54) is 11.6 Å². The number of ether oxygens (including phenoxy) is 1. The average Bonchev–Trinajstić information content (AvgIpc) is 2.52. The van der Waals surface area contributed by atoms with Gasteiger partial charge in [-0.2, -0.15) is 0 Å². The molecule has 0 radical (unpaired) electrons. The summed E-state index contributed by atoms with van der Waals surface area (Å²) < 4.78 is 5.04. The third-order valence-electron chi connectivity index (χ3n) is 3.40. The lowest BCUT2D eigenvalue weighted by atomic mass is 9.96. The minimum atomic E-state index is -0.391. The van der Waals surface area contributed by atoms with E-state index in [4.69, 9.17) is 27.9 Å². The second-order valence-corrected chi connectivity index (χ2v) is 5.89. The maximum atomic E-state index is 11.9. The van der Waals surface area contributed by atoms with E-state index in [2.05, 4.69) is 6.92 Å². The second kappa shape index (κ2) is 8.19. The molecule has 0 saturated carbocycles. The molecule has 0 bridgehead atoms. The zero-order valence-corrected chi connectivity index (χ0v) is 14.6. The summed E-state index contributed by atoms with van der Waals surface area (Å²) in [7, 11) is 0. The molecule has 120 valence electrons. The van der Waals surface area contributed by atoms with E-state index in [9.17, 15) is 4.79 Å². The van der Waals surface area contributed by atoms with Crippen molar-refractivity contribution in [1.29, 1.82) is 0 Å². The molecule has 0 saturated heterocycles. The fraction of sp³-hybridized carbons (Fsp3) is 0.211. The van der Waals surface area contributed by atoms with Gasteiger partial charge in [0.25, 0.3) is 0 Å². The molecule has 0 unspecified atom stereocenters. The van der Waals surface area contributed by atoms with Gasteiger partial charge in [0.15, 0.2) is 0 Å². The third-order valence-corrected chi connectivity index (χ3v) is 3.83. The molecule has 2 aromatic rings. The van der Waals surface area contributed by atoms with Crippen LogP contribution < -0.4 is 0 Å². The van der Waals surface area contributed by atoms with Crippen LogP contribution in [0, 0.1) is 0 Å². The SMILES string of the molecule is CCOC(=O)/C=C(\c1ccc(CC)cc1)c1cc(Cl)cc(Cl)c1. The molecular weight excluding hydrogens is 331 g/mol. The van der Waals surface area contributed by atoms with Crippen molar-refractivity contribution < 1.29 is 9.53 Å². The van der Waals surface area contributed by atoms with E-state index < -0.39 is 5.97 Å². The zero-order chi connectivity index (χ0) is 16.8. The Hall–Kier alpha value is -1.77. The zero-order valence-electron chi connectivity index (χ0n) is 13.1. The monoisotopic (exact) mass is 348 g/mol. The standard InChI is InChI=1S/C19H18Cl2O2/c1-3-13-5-7-14(8-6-13)18(12-19(22)23-4-2)15-9-16(20)11-17(21)10-15/h5-12H,3-4H2,1-2H3/b18-12+. The van der Waals surface area contributed by atoms with Crippen molar-refractivity contribution in [3.05, 3.63) is 75.3 Å². The van der Waals surface area contributed by atoms with Gasteiger partial charge in [-0.3, -0.25) is 0 Å². The van der Waals surface area contributed by atoms with Gasteiger partial charge in [-0.25, -0.2) is 4.79 Å². The number of esters is 1. The summed E-state index contributed by atoms with van der Waals surface area (Å²) in [6.45, 7) is 4.20. The van der Waals surface area contributed by atoms with E-state index in [-0.39, 0.29) is 0 Å². The third kappa shape index (κ3) is 4.85. The smallest absolute Gasteiger partial charge is 0.331 e. The molecule has 23 heavy (non-hydrogen) atoms. The van der Waals surface area contributed by atoms with Crippen LogP contribution in [0.3, 0.4) is 0 Å². The first-order valence-corrected chi connectivity index (χ1v) is 8.23. The highest BCUT2D eigenvalue weighted by Crippen LogP contribution is 2.29. The van der Waals surface area contributed by atoms with Crippen LogP contribution >= 0.6 is 23.2 Å². The molecule has 0 aliphatic heterocycles. The van der Waals surface area contributed by atoms with Crippen LogP contribution in [0.4, 0.5) is 0 Å². The van der Waals surface area contributed by atoms with Crippen LogP contribution in [0.5, 0.6) is 0 Å². The molecule has 0 aliphatic rings. The molecule has 0 atom stereocenters. The fourth-order valence-electron chi connectivity index (χ4n) is 2.26. The van der Waals surface area contributed by atoms with Crippen LogP contribution in [0.1, 0.15) is 30.5 Å². The predicted octanol–water partition coefficient (Wildman–Crippen LogP) is 5.55. The lowest BCUT2D eigenvalue weighted by Crippen LogP contribution is -2.02. The summed E-state index contributed by atoms with van der Waals surface area (Å²) in [5.41, 5.74) is 3.65. The first-order chi connectivity index (χ1) is 11.0. The van der Waals surface area contributed by atoms with Crippen molar-refractivity contribution in [2.24, 2.45) is 0 Å². The molecular formula is C19H18Cl2O2. The van der Waals surface area contributed by atoms with Crippen molar-refractivity contribution in [2.75, 3.05) is 6.61 Å². The Labute approximate surface area is 146 Å². The fourth-order valence-corrected chi connectivity index (χ4v) is 2.79. The predicted molar refractivity (Wildman–Crippen MR) is 96.0 cm³/mol. The first-order valence-electron chi connectivity index (χ1n) is 7.47. The van der Waals surface area contributed by atoms with E-state index in [0.717, 1.165) is 23.1 Å². The Bertz CT molecular complexity index is 698. The van der Waals surface area contributed by atoms with Crippen LogP contribution in [-0.4, -0.2) is 12.6 Å². The quantitative estimate of drug-likeness (QED) is 0.522. The van der Waals surface area contributed by atoms with Gasteiger partial charge in [0.1, 0.15) is 0 Å². The molecule has 0 fully saturated rings. The summed E-state index contributed by atoms with van der Waals surface area (Å²) in [5, 5.41) is 1.04. The van der Waals surface area contributed by atoms with Gasteiger partial charge in [0.2, 0.25) is 0 Å². The van der Waals surface area contributed by atoms with Gasteiger partial charge in [0, 0.05) is 16.1 Å². The van der Waals surface area contributed by atoms with Crippen molar-refractivity contribution in [3.63, 3.8) is 0 Å². The first kappa shape index (κ1) is 17.6. The summed E-state index contributed by atoms with van der Waals surface area (Å²) in [6, 6.07) is 13.3. The highest BCUT2D eigenvalue weighted by atomic mass is 35.5. The van der Waals surface area contributed by atoms with Gasteiger partial charge < -0.3 is 4.74 Å². The number of aryl methyl sites for hydroxylation is 1. The Balaban J connectivity index is 2.52. The molecule has 0 amide bonds. The largest absolute Gasteiger partial charge is 0.463 e. The number of rotatable bonds is 5. The topological polar surface area (TPSA) is 26.3 Å². The van der Waals surface area contributed by atoms with Crippen LogP contribution in [0.15, 0.2) is 48.5 Å². The summed E-state index contributed by atoms with van der Waals surface area (Å²) >= 11 is 12.2. The van der Waals surface area contributed by atoms with Crippen LogP contribution in [-0.2, 0) is 16.0 Å².